The van der Waals surface area contributed by atoms with Crippen molar-refractivity contribution < 1.29 is 13.2 Å². The van der Waals surface area contributed by atoms with Crippen molar-refractivity contribution in [1.82, 2.24) is 4.57 Å². The fourth-order valence-electron chi connectivity index (χ4n) is 1.43. The van der Waals surface area contributed by atoms with Gasteiger partial charge in [-0.1, -0.05) is 18.2 Å². The lowest BCUT2D eigenvalue weighted by atomic mass is 10.3. The lowest BCUT2D eigenvalue weighted by molar-refractivity contribution is -0.142. The highest BCUT2D eigenvalue weighted by Gasteiger charge is 2.33. The quantitative estimate of drug-likeness (QED) is 0.680. The van der Waals surface area contributed by atoms with Crippen molar-refractivity contribution >= 4 is 0 Å². The first-order valence-corrected chi connectivity index (χ1v) is 4.39. The van der Waals surface area contributed by atoms with Crippen molar-refractivity contribution in [2.45, 2.75) is 6.18 Å². The summed E-state index contributed by atoms with van der Waals surface area (Å²) in [6.45, 7) is 0. The van der Waals surface area contributed by atoms with Crippen LogP contribution in [0.5, 0.6) is 0 Å². The van der Waals surface area contributed by atoms with E-state index in [-0.39, 0.29) is 0 Å². The molecule has 0 aliphatic rings. The molecule has 0 bridgehead atoms. The van der Waals surface area contributed by atoms with E-state index in [4.69, 9.17) is 0 Å². The first-order valence-electron chi connectivity index (χ1n) is 4.39. The van der Waals surface area contributed by atoms with Gasteiger partial charge in [0.05, 0.1) is 0 Å². The summed E-state index contributed by atoms with van der Waals surface area (Å²) in [5, 5.41) is 0. The van der Waals surface area contributed by atoms with Crippen LogP contribution in [0.4, 0.5) is 13.2 Å². The minimum atomic E-state index is -4.32. The van der Waals surface area contributed by atoms with Crippen molar-refractivity contribution in [1.29, 1.82) is 0 Å². The van der Waals surface area contributed by atoms with Crippen LogP contribution >= 0.6 is 0 Å². The van der Waals surface area contributed by atoms with E-state index in [1.807, 2.05) is 0 Å². The van der Waals surface area contributed by atoms with Crippen LogP contribution in [0, 0.1) is 0 Å². The lowest BCUT2D eigenvalue weighted by Gasteiger charge is -2.11. The number of halogens is 3. The average molecular weight is 211 g/mol. The first-order chi connectivity index (χ1) is 7.09. The number of hydrogen-bond donors (Lipinski definition) is 0. The molecule has 1 aromatic carbocycles. The second kappa shape index (κ2) is 3.46. The van der Waals surface area contributed by atoms with E-state index >= 15 is 0 Å². The zero-order valence-electron chi connectivity index (χ0n) is 7.70. The number of benzene rings is 1. The molecule has 4 heteroatoms. The lowest BCUT2D eigenvalue weighted by Crippen LogP contribution is -2.11. The Morgan fingerprint density at radius 2 is 1.53 bits per heavy atom. The van der Waals surface area contributed by atoms with Crippen LogP contribution in [0.3, 0.4) is 0 Å². The van der Waals surface area contributed by atoms with E-state index in [0.29, 0.717) is 5.69 Å². The van der Waals surface area contributed by atoms with Crippen LogP contribution in [-0.2, 0) is 6.18 Å². The number of para-hydroxylation sites is 1. The normalized spacial score (nSPS) is 11.7. The molecular weight excluding hydrogens is 203 g/mol. The number of rotatable bonds is 1. The van der Waals surface area contributed by atoms with Gasteiger partial charge < -0.3 is 4.57 Å². The van der Waals surface area contributed by atoms with Gasteiger partial charge in [-0.25, -0.2) is 0 Å². The minimum Gasteiger partial charge on any atom is -0.313 e. The Labute approximate surface area is 84.8 Å². The fraction of sp³-hybridized carbons (Fsp3) is 0.0909. The molecule has 0 saturated carbocycles. The van der Waals surface area contributed by atoms with Gasteiger partial charge in [0.25, 0.3) is 0 Å². The third kappa shape index (κ3) is 1.88. The molecule has 1 nitrogen and oxygen atoms in total. The number of hydrogen-bond acceptors (Lipinski definition) is 0. The standard InChI is InChI=1S/C11H8F3N/c12-11(13,14)10-7-4-8-15(10)9-5-2-1-3-6-9/h1-8H. The summed E-state index contributed by atoms with van der Waals surface area (Å²) >= 11 is 0. The fourth-order valence-corrected chi connectivity index (χ4v) is 1.43. The molecule has 0 fully saturated rings. The summed E-state index contributed by atoms with van der Waals surface area (Å²) in [6, 6.07) is 10.9. The molecule has 0 radical (unpaired) electrons. The smallest absolute Gasteiger partial charge is 0.313 e. The van der Waals surface area contributed by atoms with E-state index in [1.165, 1.54) is 12.3 Å². The minimum absolute atomic E-state index is 0.509. The predicted molar refractivity (Wildman–Crippen MR) is 50.8 cm³/mol. The molecule has 78 valence electrons. The summed E-state index contributed by atoms with van der Waals surface area (Å²) in [4.78, 5) is 0. The largest absolute Gasteiger partial charge is 0.431 e. The van der Waals surface area contributed by atoms with Crippen molar-refractivity contribution in [2.24, 2.45) is 0 Å². The molecule has 0 aliphatic heterocycles. The van der Waals surface area contributed by atoms with E-state index in [9.17, 15) is 13.2 Å². The van der Waals surface area contributed by atoms with Crippen LogP contribution in [0.25, 0.3) is 5.69 Å². The van der Waals surface area contributed by atoms with Gasteiger partial charge >= 0.3 is 6.18 Å². The third-order valence-electron chi connectivity index (χ3n) is 2.07. The van der Waals surface area contributed by atoms with E-state index in [1.54, 1.807) is 30.3 Å². The molecular formula is C11H8F3N. The third-order valence-corrected chi connectivity index (χ3v) is 2.07. The van der Waals surface area contributed by atoms with Gasteiger partial charge in [-0.05, 0) is 24.3 Å². The van der Waals surface area contributed by atoms with Crippen LogP contribution in [0.15, 0.2) is 48.7 Å². The molecule has 15 heavy (non-hydrogen) atoms. The molecule has 0 saturated heterocycles. The van der Waals surface area contributed by atoms with Crippen LogP contribution in [-0.4, -0.2) is 4.57 Å². The zero-order chi connectivity index (χ0) is 10.9. The zero-order valence-corrected chi connectivity index (χ0v) is 7.70. The molecule has 2 aromatic rings. The van der Waals surface area contributed by atoms with Gasteiger partial charge in [-0.3, -0.25) is 0 Å². The molecule has 1 heterocycles. The number of aromatic nitrogens is 1. The van der Waals surface area contributed by atoms with Crippen LogP contribution in [0.1, 0.15) is 5.69 Å². The number of nitrogens with zero attached hydrogens (tertiary/aromatic N) is 1. The summed E-state index contributed by atoms with van der Waals surface area (Å²) in [7, 11) is 0. The summed E-state index contributed by atoms with van der Waals surface area (Å²) < 4.78 is 38.8. The van der Waals surface area contributed by atoms with Crippen LogP contribution < -0.4 is 0 Å². The second-order valence-corrected chi connectivity index (χ2v) is 3.10. The molecule has 0 unspecified atom stereocenters. The van der Waals surface area contributed by atoms with Crippen molar-refractivity contribution in [2.75, 3.05) is 0 Å². The molecule has 0 amide bonds. The Bertz CT molecular complexity index is 442. The van der Waals surface area contributed by atoms with Crippen LogP contribution in [0.2, 0.25) is 0 Å². The Hall–Kier alpha value is -1.71. The maximum atomic E-state index is 12.5. The summed E-state index contributed by atoms with van der Waals surface area (Å²) in [5.74, 6) is 0. The summed E-state index contributed by atoms with van der Waals surface area (Å²) in [6.07, 6.45) is -2.92. The predicted octanol–water partition coefficient (Wildman–Crippen LogP) is 3.50. The van der Waals surface area contributed by atoms with E-state index in [2.05, 4.69) is 0 Å². The maximum absolute atomic E-state index is 12.5. The maximum Gasteiger partial charge on any atom is 0.431 e. The highest BCUT2D eigenvalue weighted by atomic mass is 19.4. The van der Waals surface area contributed by atoms with Gasteiger partial charge in [0, 0.05) is 11.9 Å². The van der Waals surface area contributed by atoms with Gasteiger partial charge in [-0.15, -0.1) is 0 Å². The van der Waals surface area contributed by atoms with Gasteiger partial charge in [-0.2, -0.15) is 13.2 Å². The van der Waals surface area contributed by atoms with Gasteiger partial charge in [0.1, 0.15) is 5.69 Å². The molecule has 0 spiro atoms. The first kappa shape index (κ1) is 9.83. The van der Waals surface area contributed by atoms with Gasteiger partial charge in [0.2, 0.25) is 0 Å². The van der Waals surface area contributed by atoms with Crippen molar-refractivity contribution in [3.05, 3.63) is 54.4 Å². The Balaban J connectivity index is 2.51. The van der Waals surface area contributed by atoms with Gasteiger partial charge in [0.15, 0.2) is 0 Å². The Kier molecular flexibility index (Phi) is 2.26. The van der Waals surface area contributed by atoms with E-state index < -0.39 is 11.9 Å². The SMILES string of the molecule is FC(F)(F)c1cccn1-c1ccccc1. The molecule has 1 aromatic heterocycles. The highest BCUT2D eigenvalue weighted by Crippen LogP contribution is 2.31. The summed E-state index contributed by atoms with van der Waals surface area (Å²) in [5.41, 5.74) is -0.150. The Morgan fingerprint density at radius 1 is 0.867 bits per heavy atom. The monoisotopic (exact) mass is 211 g/mol. The Morgan fingerprint density at radius 3 is 2.13 bits per heavy atom. The van der Waals surface area contributed by atoms with Crippen molar-refractivity contribution in [3.8, 4) is 5.69 Å². The molecule has 2 rings (SSSR count). The molecule has 0 atom stereocenters. The van der Waals surface area contributed by atoms with Crippen molar-refractivity contribution in [3.63, 3.8) is 0 Å². The average Bonchev–Trinajstić information content (AvgIpc) is 2.67. The highest BCUT2D eigenvalue weighted by molar-refractivity contribution is 5.35. The number of alkyl halides is 3. The van der Waals surface area contributed by atoms with E-state index in [0.717, 1.165) is 10.6 Å². The molecule has 0 aliphatic carbocycles. The molecule has 0 N–H and O–H groups in total. The second-order valence-electron chi connectivity index (χ2n) is 3.10. The topological polar surface area (TPSA) is 4.93 Å².